The standard InChI is InChI=1S/C15H14F2N2O/c1-10(2)18-14-5-3-4-8-19(14)15(20)11-6-7-12(16)13(17)9-11/h3-10H,1-2H3. The van der Waals surface area contributed by atoms with Gasteiger partial charge in [0, 0.05) is 17.8 Å². The molecule has 1 aromatic carbocycles. The summed E-state index contributed by atoms with van der Waals surface area (Å²) in [6.07, 6.45) is 1.55. The molecule has 0 bridgehead atoms. The molecule has 0 fully saturated rings. The molecule has 1 heterocycles. The third-order valence-electron chi connectivity index (χ3n) is 2.61. The van der Waals surface area contributed by atoms with Crippen LogP contribution in [0.4, 0.5) is 8.78 Å². The predicted molar refractivity (Wildman–Crippen MR) is 71.2 cm³/mol. The molecular formula is C15H14F2N2O. The van der Waals surface area contributed by atoms with E-state index >= 15 is 0 Å². The highest BCUT2D eigenvalue weighted by Gasteiger charge is 2.12. The van der Waals surface area contributed by atoms with Gasteiger partial charge < -0.3 is 0 Å². The van der Waals surface area contributed by atoms with Crippen molar-refractivity contribution in [2.24, 2.45) is 4.99 Å². The third kappa shape index (κ3) is 2.99. The number of halogens is 2. The fourth-order valence-corrected chi connectivity index (χ4v) is 1.74. The molecule has 3 nitrogen and oxygen atoms in total. The molecule has 2 aromatic rings. The van der Waals surface area contributed by atoms with Crippen LogP contribution in [0.3, 0.4) is 0 Å². The number of aromatic nitrogens is 1. The van der Waals surface area contributed by atoms with E-state index in [0.29, 0.717) is 5.49 Å². The van der Waals surface area contributed by atoms with Gasteiger partial charge in [0.15, 0.2) is 11.6 Å². The molecule has 0 aliphatic carbocycles. The van der Waals surface area contributed by atoms with Crippen LogP contribution in [0, 0.1) is 11.6 Å². The molecule has 0 spiro atoms. The summed E-state index contributed by atoms with van der Waals surface area (Å²) < 4.78 is 27.4. The van der Waals surface area contributed by atoms with Crippen molar-refractivity contribution in [3.05, 3.63) is 65.3 Å². The molecule has 0 radical (unpaired) electrons. The maximum absolute atomic E-state index is 13.2. The van der Waals surface area contributed by atoms with E-state index in [4.69, 9.17) is 0 Å². The molecule has 0 aliphatic rings. The smallest absolute Gasteiger partial charge is 0.263 e. The van der Waals surface area contributed by atoms with Crippen LogP contribution < -0.4 is 5.49 Å². The Hall–Kier alpha value is -2.30. The topological polar surface area (TPSA) is 34.4 Å². The second-order valence-corrected chi connectivity index (χ2v) is 4.59. The second-order valence-electron chi connectivity index (χ2n) is 4.59. The molecular weight excluding hydrogens is 262 g/mol. The van der Waals surface area contributed by atoms with Crippen LogP contribution in [0.15, 0.2) is 47.6 Å². The molecule has 0 aliphatic heterocycles. The Morgan fingerprint density at radius 2 is 1.90 bits per heavy atom. The lowest BCUT2D eigenvalue weighted by atomic mass is 10.2. The Morgan fingerprint density at radius 3 is 2.55 bits per heavy atom. The molecule has 0 saturated carbocycles. The molecule has 0 N–H and O–H groups in total. The van der Waals surface area contributed by atoms with Gasteiger partial charge in [0.2, 0.25) is 0 Å². The molecule has 0 amide bonds. The molecule has 0 saturated heterocycles. The van der Waals surface area contributed by atoms with Crippen molar-refractivity contribution in [1.29, 1.82) is 0 Å². The van der Waals surface area contributed by atoms with Crippen LogP contribution in [0.1, 0.15) is 24.2 Å². The summed E-state index contributed by atoms with van der Waals surface area (Å²) in [6, 6.07) is 8.22. The summed E-state index contributed by atoms with van der Waals surface area (Å²) in [5, 5.41) is 0. The third-order valence-corrected chi connectivity index (χ3v) is 2.61. The van der Waals surface area contributed by atoms with E-state index in [1.807, 2.05) is 13.8 Å². The highest BCUT2D eigenvalue weighted by Crippen LogP contribution is 2.09. The van der Waals surface area contributed by atoms with E-state index in [0.717, 1.165) is 12.1 Å². The van der Waals surface area contributed by atoms with Crippen LogP contribution in [-0.2, 0) is 0 Å². The van der Waals surface area contributed by atoms with Crippen LogP contribution >= 0.6 is 0 Å². The van der Waals surface area contributed by atoms with Crippen molar-refractivity contribution < 1.29 is 13.6 Å². The first-order valence-electron chi connectivity index (χ1n) is 6.20. The van der Waals surface area contributed by atoms with Crippen LogP contribution in [0.25, 0.3) is 0 Å². The van der Waals surface area contributed by atoms with Gasteiger partial charge in [0.05, 0.1) is 0 Å². The second kappa shape index (κ2) is 5.77. The monoisotopic (exact) mass is 276 g/mol. The van der Waals surface area contributed by atoms with Crippen molar-refractivity contribution in [2.45, 2.75) is 19.9 Å². The van der Waals surface area contributed by atoms with Gasteiger partial charge in [-0.1, -0.05) is 6.07 Å². The van der Waals surface area contributed by atoms with Gasteiger partial charge in [-0.05, 0) is 44.2 Å². The zero-order valence-electron chi connectivity index (χ0n) is 11.2. The van der Waals surface area contributed by atoms with Gasteiger partial charge in [-0.25, -0.2) is 8.78 Å². The van der Waals surface area contributed by atoms with Gasteiger partial charge in [-0.3, -0.25) is 14.4 Å². The van der Waals surface area contributed by atoms with Gasteiger partial charge >= 0.3 is 0 Å². The lowest BCUT2D eigenvalue weighted by molar-refractivity contribution is 0.0954. The van der Waals surface area contributed by atoms with E-state index in [1.165, 1.54) is 10.6 Å². The Labute approximate surface area is 115 Å². The molecule has 0 unspecified atom stereocenters. The van der Waals surface area contributed by atoms with E-state index in [2.05, 4.69) is 4.99 Å². The van der Waals surface area contributed by atoms with Crippen LogP contribution in [0.5, 0.6) is 0 Å². The molecule has 0 atom stereocenters. The number of nitrogens with zero attached hydrogens (tertiary/aromatic N) is 2. The molecule has 104 valence electrons. The Kier molecular flexibility index (Phi) is 4.08. The van der Waals surface area contributed by atoms with Crippen molar-refractivity contribution in [2.75, 3.05) is 0 Å². The minimum Gasteiger partial charge on any atom is -0.268 e. The van der Waals surface area contributed by atoms with Crippen molar-refractivity contribution in [3.8, 4) is 0 Å². The lowest BCUT2D eigenvalue weighted by Gasteiger charge is -2.07. The van der Waals surface area contributed by atoms with Gasteiger partial charge in [0.25, 0.3) is 5.91 Å². The number of hydrogen-bond donors (Lipinski definition) is 0. The number of carbonyl (C=O) groups is 1. The summed E-state index contributed by atoms with van der Waals surface area (Å²) in [5.74, 6) is -2.48. The zero-order valence-corrected chi connectivity index (χ0v) is 11.2. The fourth-order valence-electron chi connectivity index (χ4n) is 1.74. The molecule has 2 rings (SSSR count). The van der Waals surface area contributed by atoms with Gasteiger partial charge in [-0.15, -0.1) is 0 Å². The first-order chi connectivity index (χ1) is 9.49. The zero-order chi connectivity index (χ0) is 14.7. The Balaban J connectivity index is 2.51. The van der Waals surface area contributed by atoms with Crippen molar-refractivity contribution in [3.63, 3.8) is 0 Å². The normalized spacial score (nSPS) is 11.9. The fraction of sp³-hybridized carbons (Fsp3) is 0.200. The maximum atomic E-state index is 13.2. The van der Waals surface area contributed by atoms with Gasteiger partial charge in [0.1, 0.15) is 5.49 Å². The number of carbonyl (C=O) groups excluding carboxylic acids is 1. The van der Waals surface area contributed by atoms with Crippen LogP contribution in [-0.4, -0.2) is 16.5 Å². The average molecular weight is 276 g/mol. The number of pyridine rings is 1. The minimum atomic E-state index is -1.05. The first kappa shape index (κ1) is 14.1. The van der Waals surface area contributed by atoms with Crippen LogP contribution in [0.2, 0.25) is 0 Å². The average Bonchev–Trinajstić information content (AvgIpc) is 2.41. The quantitative estimate of drug-likeness (QED) is 0.830. The highest BCUT2D eigenvalue weighted by molar-refractivity contribution is 5.95. The minimum absolute atomic E-state index is 0.0152. The van der Waals surface area contributed by atoms with Crippen molar-refractivity contribution >= 4 is 5.91 Å². The summed E-state index contributed by atoms with van der Waals surface area (Å²) in [4.78, 5) is 16.6. The van der Waals surface area contributed by atoms with Crippen molar-refractivity contribution in [1.82, 2.24) is 4.57 Å². The first-order valence-corrected chi connectivity index (χ1v) is 6.20. The lowest BCUT2D eigenvalue weighted by Crippen LogP contribution is -2.28. The summed E-state index contributed by atoms with van der Waals surface area (Å²) in [6.45, 7) is 3.78. The SMILES string of the molecule is CC(C)N=c1ccccn1C(=O)c1ccc(F)c(F)c1. The molecule has 20 heavy (non-hydrogen) atoms. The van der Waals surface area contributed by atoms with Gasteiger partial charge in [-0.2, -0.15) is 0 Å². The Bertz CT molecular complexity index is 705. The largest absolute Gasteiger partial charge is 0.268 e. The molecule has 5 heteroatoms. The number of rotatable bonds is 2. The molecule has 1 aromatic heterocycles. The van der Waals surface area contributed by atoms with E-state index in [9.17, 15) is 13.6 Å². The predicted octanol–water partition coefficient (Wildman–Crippen LogP) is 2.76. The van der Waals surface area contributed by atoms with E-state index < -0.39 is 17.5 Å². The van der Waals surface area contributed by atoms with E-state index in [-0.39, 0.29) is 11.6 Å². The summed E-state index contributed by atoms with van der Waals surface area (Å²) in [7, 11) is 0. The number of benzene rings is 1. The maximum Gasteiger partial charge on any atom is 0.263 e. The summed E-state index contributed by atoms with van der Waals surface area (Å²) >= 11 is 0. The summed E-state index contributed by atoms with van der Waals surface area (Å²) in [5.41, 5.74) is 0.539. The van der Waals surface area contributed by atoms with E-state index in [1.54, 1.807) is 24.4 Å². The number of hydrogen-bond acceptors (Lipinski definition) is 2. The highest BCUT2D eigenvalue weighted by atomic mass is 19.2. The Morgan fingerprint density at radius 1 is 1.15 bits per heavy atom.